The number of aromatic nitrogens is 4. The van der Waals surface area contributed by atoms with Crippen LogP contribution >= 0.6 is 0 Å². The van der Waals surface area contributed by atoms with Crippen LogP contribution in [0.4, 0.5) is 13.2 Å². The number of rotatable bonds is 6. The number of amides is 1. The van der Waals surface area contributed by atoms with E-state index in [4.69, 9.17) is 0 Å². The molecule has 3 atom stereocenters. The number of hydrogen-bond acceptors (Lipinski definition) is 4. The second-order valence-corrected chi connectivity index (χ2v) is 9.67. The average molecular weight is 472 g/mol. The largest absolute Gasteiger partial charge is 0.389 e. The van der Waals surface area contributed by atoms with Crippen molar-refractivity contribution in [2.75, 3.05) is 0 Å². The van der Waals surface area contributed by atoms with Crippen LogP contribution in [0.25, 0.3) is 22.0 Å². The molecule has 2 aliphatic heterocycles. The summed E-state index contributed by atoms with van der Waals surface area (Å²) in [6.45, 7) is 0. The molecule has 1 aromatic carbocycles. The molecule has 0 aliphatic carbocycles. The normalized spacial score (nSPS) is 22.5. The number of alkyl halides is 3. The molecule has 1 unspecified atom stereocenters. The van der Waals surface area contributed by atoms with Gasteiger partial charge in [0.1, 0.15) is 5.82 Å². The van der Waals surface area contributed by atoms with E-state index in [-0.39, 0.29) is 36.8 Å². The molecule has 0 radical (unpaired) electrons. The Morgan fingerprint density at radius 2 is 1.88 bits per heavy atom. The second-order valence-electron chi connectivity index (χ2n) is 9.67. The summed E-state index contributed by atoms with van der Waals surface area (Å²) in [6.07, 6.45) is 5.04. The Bertz CT molecular complexity index is 1180. The molecule has 2 aliphatic rings. The van der Waals surface area contributed by atoms with Crippen LogP contribution in [0, 0.1) is 5.92 Å². The van der Waals surface area contributed by atoms with Gasteiger partial charge in [0.25, 0.3) is 0 Å². The predicted molar refractivity (Wildman–Crippen MR) is 122 cm³/mol. The minimum atomic E-state index is -4.09. The van der Waals surface area contributed by atoms with E-state index in [1.807, 2.05) is 36.3 Å². The van der Waals surface area contributed by atoms with Crippen LogP contribution in [0.1, 0.15) is 50.8 Å². The number of carbonyl (C=O) groups is 1. The maximum absolute atomic E-state index is 13.2. The number of piperidine rings is 1. The number of carbonyl (C=O) groups excluding carboxylic acids is 1. The van der Waals surface area contributed by atoms with Crippen molar-refractivity contribution in [2.24, 2.45) is 13.0 Å². The Morgan fingerprint density at radius 1 is 1.12 bits per heavy atom. The quantitative estimate of drug-likeness (QED) is 0.503. The van der Waals surface area contributed by atoms with Crippen molar-refractivity contribution in [3.05, 3.63) is 42.6 Å². The fraction of sp³-hybridized carbons (Fsp3) is 0.520. The van der Waals surface area contributed by atoms with Gasteiger partial charge in [-0.15, -0.1) is 0 Å². The van der Waals surface area contributed by atoms with Crippen LogP contribution in [0.5, 0.6) is 0 Å². The molecule has 2 fully saturated rings. The van der Waals surface area contributed by atoms with E-state index in [1.54, 1.807) is 17.1 Å². The first kappa shape index (κ1) is 22.8. The molecular formula is C25H28F3N5O. The van der Waals surface area contributed by atoms with Crippen molar-refractivity contribution < 1.29 is 18.0 Å². The summed E-state index contributed by atoms with van der Waals surface area (Å²) in [6, 6.07) is 6.20. The van der Waals surface area contributed by atoms with E-state index in [9.17, 15) is 18.0 Å². The highest BCUT2D eigenvalue weighted by Crippen LogP contribution is 2.41. The van der Waals surface area contributed by atoms with Crippen molar-refractivity contribution >= 4 is 16.8 Å². The second kappa shape index (κ2) is 9.00. The van der Waals surface area contributed by atoms with Gasteiger partial charge in [-0.05, 0) is 56.1 Å². The minimum Gasteiger partial charge on any atom is -0.336 e. The monoisotopic (exact) mass is 471 g/mol. The van der Waals surface area contributed by atoms with E-state index in [2.05, 4.69) is 15.1 Å². The average Bonchev–Trinajstić information content (AvgIpc) is 3.33. The van der Waals surface area contributed by atoms with E-state index >= 15 is 0 Å². The van der Waals surface area contributed by atoms with Gasteiger partial charge in [0.15, 0.2) is 0 Å². The Morgan fingerprint density at radius 3 is 2.56 bits per heavy atom. The molecule has 6 nitrogen and oxygen atoms in total. The summed E-state index contributed by atoms with van der Waals surface area (Å²) in [5.74, 6) is 0.781. The fourth-order valence-electron chi connectivity index (χ4n) is 5.65. The summed E-state index contributed by atoms with van der Waals surface area (Å²) in [5, 5.41) is 5.12. The summed E-state index contributed by atoms with van der Waals surface area (Å²) < 4.78 is 39.2. The number of nitrogens with zero attached hydrogens (tertiary/aromatic N) is 5. The number of fused-ring (bicyclic) bond motifs is 3. The zero-order valence-electron chi connectivity index (χ0n) is 19.1. The lowest BCUT2D eigenvalue weighted by molar-refractivity contribution is -0.137. The van der Waals surface area contributed by atoms with E-state index < -0.39 is 12.6 Å². The van der Waals surface area contributed by atoms with Crippen molar-refractivity contribution in [1.29, 1.82) is 0 Å². The van der Waals surface area contributed by atoms with Crippen LogP contribution in [0.3, 0.4) is 0 Å². The molecule has 9 heteroatoms. The van der Waals surface area contributed by atoms with Gasteiger partial charge in [-0.25, -0.2) is 9.97 Å². The standard InChI is InChI=1S/C25H28F3N5O/c1-32-15-19(14-30-32)17-4-5-18-13-29-23(31-22(18)11-17)12-24(34)33-20-6-7-21(33)10-16(9-20)3-2-8-25(26,27)28/h4-5,11,13-16,20-21H,2-3,6-10,12H2,1H3/t16?,20-,21+. The van der Waals surface area contributed by atoms with E-state index in [0.29, 0.717) is 12.2 Å². The van der Waals surface area contributed by atoms with Crippen LogP contribution in [-0.4, -0.2) is 48.8 Å². The molecule has 5 rings (SSSR count). The lowest BCUT2D eigenvalue weighted by Gasteiger charge is -2.39. The SMILES string of the molecule is Cn1cc(-c2ccc3cnc(CC(=O)N4[C@@H]5CC[C@H]4CC(CCCC(F)(F)F)C5)nc3c2)cn1. The molecule has 4 heterocycles. The van der Waals surface area contributed by atoms with Gasteiger partial charge >= 0.3 is 6.18 Å². The molecule has 3 aromatic rings. The molecule has 0 saturated carbocycles. The number of halogens is 3. The van der Waals surface area contributed by atoms with Crippen LogP contribution in [0.15, 0.2) is 36.8 Å². The summed E-state index contributed by atoms with van der Waals surface area (Å²) >= 11 is 0. The molecule has 2 aromatic heterocycles. The maximum Gasteiger partial charge on any atom is 0.389 e. The Kier molecular flexibility index (Phi) is 6.04. The summed E-state index contributed by atoms with van der Waals surface area (Å²) in [4.78, 5) is 24.2. The Labute approximate surface area is 196 Å². The lowest BCUT2D eigenvalue weighted by atomic mass is 9.86. The van der Waals surface area contributed by atoms with Gasteiger partial charge in [0.05, 0.1) is 18.1 Å². The zero-order valence-corrected chi connectivity index (χ0v) is 19.1. The van der Waals surface area contributed by atoms with Crippen molar-refractivity contribution in [3.8, 4) is 11.1 Å². The lowest BCUT2D eigenvalue weighted by Crippen LogP contribution is -2.47. The van der Waals surface area contributed by atoms with Crippen molar-refractivity contribution in [2.45, 2.75) is 69.6 Å². The van der Waals surface area contributed by atoms with Crippen molar-refractivity contribution in [1.82, 2.24) is 24.6 Å². The highest BCUT2D eigenvalue weighted by atomic mass is 19.4. The topological polar surface area (TPSA) is 63.9 Å². The van der Waals surface area contributed by atoms with Gasteiger partial charge in [0.2, 0.25) is 5.91 Å². The molecule has 0 spiro atoms. The van der Waals surface area contributed by atoms with Gasteiger partial charge in [-0.1, -0.05) is 12.1 Å². The third kappa shape index (κ3) is 4.93. The van der Waals surface area contributed by atoms with Gasteiger partial charge in [-0.2, -0.15) is 18.3 Å². The van der Waals surface area contributed by atoms with Crippen LogP contribution in [-0.2, 0) is 18.3 Å². The number of benzene rings is 1. The highest BCUT2D eigenvalue weighted by Gasteiger charge is 2.43. The molecular weight excluding hydrogens is 443 g/mol. The third-order valence-corrected chi connectivity index (χ3v) is 7.17. The minimum absolute atomic E-state index is 0.0176. The maximum atomic E-state index is 13.2. The first-order valence-electron chi connectivity index (χ1n) is 11.9. The summed E-state index contributed by atoms with van der Waals surface area (Å²) in [5.41, 5.74) is 2.78. The fourth-order valence-corrected chi connectivity index (χ4v) is 5.65. The zero-order chi connectivity index (χ0) is 23.9. The smallest absolute Gasteiger partial charge is 0.336 e. The van der Waals surface area contributed by atoms with Gasteiger partial charge < -0.3 is 4.90 Å². The number of aryl methyl sites for hydroxylation is 1. The first-order chi connectivity index (χ1) is 16.2. The number of hydrogen-bond donors (Lipinski definition) is 0. The molecule has 0 N–H and O–H groups in total. The van der Waals surface area contributed by atoms with Crippen LogP contribution < -0.4 is 0 Å². The summed E-state index contributed by atoms with van der Waals surface area (Å²) in [7, 11) is 1.87. The Hall–Kier alpha value is -2.97. The van der Waals surface area contributed by atoms with E-state index in [0.717, 1.165) is 47.7 Å². The van der Waals surface area contributed by atoms with Gasteiger partial charge in [-0.3, -0.25) is 9.48 Å². The predicted octanol–water partition coefficient (Wildman–Crippen LogP) is 5.08. The molecule has 180 valence electrons. The highest BCUT2D eigenvalue weighted by molar-refractivity contribution is 5.84. The van der Waals surface area contributed by atoms with Gasteiger partial charge in [0, 0.05) is 48.9 Å². The molecule has 1 amide bonds. The molecule has 2 bridgehead atoms. The van der Waals surface area contributed by atoms with Crippen LogP contribution in [0.2, 0.25) is 0 Å². The van der Waals surface area contributed by atoms with E-state index in [1.165, 1.54) is 0 Å². The third-order valence-electron chi connectivity index (χ3n) is 7.17. The van der Waals surface area contributed by atoms with Crippen molar-refractivity contribution in [3.63, 3.8) is 0 Å². The molecule has 2 saturated heterocycles. The first-order valence-corrected chi connectivity index (χ1v) is 11.9. The molecule has 34 heavy (non-hydrogen) atoms. The Balaban J connectivity index is 1.25.